The molecular weight excluding hydrogens is 261 g/mol. The Morgan fingerprint density at radius 1 is 1.45 bits per heavy atom. The van der Waals surface area contributed by atoms with Gasteiger partial charge in [0.25, 0.3) is 0 Å². The lowest BCUT2D eigenvalue weighted by molar-refractivity contribution is 0.0697. The zero-order valence-corrected chi connectivity index (χ0v) is 11.7. The molecule has 0 aliphatic carbocycles. The zero-order chi connectivity index (χ0) is 15.1. The summed E-state index contributed by atoms with van der Waals surface area (Å²) in [6.45, 7) is 3.46. The van der Waals surface area contributed by atoms with E-state index in [2.05, 4.69) is 10.3 Å². The summed E-state index contributed by atoms with van der Waals surface area (Å²) in [6, 6.07) is 5.90. The second-order valence-corrected chi connectivity index (χ2v) is 4.29. The number of aromatic carboxylic acids is 1. The van der Waals surface area contributed by atoms with Crippen LogP contribution in [0.5, 0.6) is 0 Å². The van der Waals surface area contributed by atoms with Crippen LogP contribution in [0.4, 0.5) is 10.1 Å². The summed E-state index contributed by atoms with van der Waals surface area (Å²) in [5, 5.41) is 18.2. The molecule has 20 heavy (non-hydrogen) atoms. The molecule has 108 valence electrons. The second kappa shape index (κ2) is 7.37. The largest absolute Gasteiger partial charge is 0.478 e. The Morgan fingerprint density at radius 3 is 2.55 bits per heavy atom. The predicted octanol–water partition coefficient (Wildman–Crippen LogP) is 3.84. The molecular formula is C14H18FN3O2. The van der Waals surface area contributed by atoms with Crippen molar-refractivity contribution in [3.63, 3.8) is 0 Å². The molecule has 0 spiro atoms. The molecule has 0 amide bonds. The van der Waals surface area contributed by atoms with E-state index in [1.54, 1.807) is 33.0 Å². The second-order valence-electron chi connectivity index (χ2n) is 4.29. The molecule has 0 heterocycles. The molecule has 0 saturated heterocycles. The molecule has 0 bridgehead atoms. The maximum atomic E-state index is 13.0. The number of benzene rings is 1. The standard InChI is InChI=1S/C14H18FN3O2/c1-4-12(15)9-10(2)16-17-18(3)13-7-5-11(6-8-13)14(19)20/h5-10H,4H2,1-3H3,(H,19,20)/b12-9-,17-16?. The zero-order valence-electron chi connectivity index (χ0n) is 11.7. The average molecular weight is 279 g/mol. The van der Waals surface area contributed by atoms with Crippen molar-refractivity contribution in [3.8, 4) is 0 Å². The van der Waals surface area contributed by atoms with Gasteiger partial charge in [-0.25, -0.2) is 9.18 Å². The minimum Gasteiger partial charge on any atom is -0.478 e. The Morgan fingerprint density at radius 2 is 2.05 bits per heavy atom. The van der Waals surface area contributed by atoms with Gasteiger partial charge in [-0.1, -0.05) is 12.1 Å². The highest BCUT2D eigenvalue weighted by Crippen LogP contribution is 2.15. The van der Waals surface area contributed by atoms with Gasteiger partial charge < -0.3 is 5.11 Å². The third-order valence-corrected chi connectivity index (χ3v) is 2.62. The summed E-state index contributed by atoms with van der Waals surface area (Å²) >= 11 is 0. The van der Waals surface area contributed by atoms with Gasteiger partial charge in [0.05, 0.1) is 23.1 Å². The number of anilines is 1. The SMILES string of the molecule is CC/C(F)=C/C(C)N=NN(C)c1ccc(C(=O)O)cc1. The van der Waals surface area contributed by atoms with Crippen LogP contribution in [-0.2, 0) is 0 Å². The van der Waals surface area contributed by atoms with Crippen LogP contribution in [-0.4, -0.2) is 24.2 Å². The highest BCUT2D eigenvalue weighted by Gasteiger charge is 2.04. The third-order valence-electron chi connectivity index (χ3n) is 2.62. The smallest absolute Gasteiger partial charge is 0.335 e. The Bertz CT molecular complexity index is 512. The fourth-order valence-electron chi connectivity index (χ4n) is 1.44. The summed E-state index contributed by atoms with van der Waals surface area (Å²) in [5.41, 5.74) is 0.909. The summed E-state index contributed by atoms with van der Waals surface area (Å²) in [6.07, 6.45) is 1.75. The summed E-state index contributed by atoms with van der Waals surface area (Å²) in [4.78, 5) is 10.7. The molecule has 0 aromatic heterocycles. The van der Waals surface area contributed by atoms with Crippen molar-refractivity contribution >= 4 is 11.7 Å². The number of halogens is 1. The maximum Gasteiger partial charge on any atom is 0.335 e. The van der Waals surface area contributed by atoms with Crippen molar-refractivity contribution in [1.29, 1.82) is 0 Å². The van der Waals surface area contributed by atoms with Gasteiger partial charge >= 0.3 is 5.97 Å². The lowest BCUT2D eigenvalue weighted by atomic mass is 10.2. The van der Waals surface area contributed by atoms with Crippen LogP contribution in [0, 0.1) is 0 Å². The van der Waals surface area contributed by atoms with Crippen LogP contribution in [0.3, 0.4) is 0 Å². The number of hydrogen-bond acceptors (Lipinski definition) is 3. The monoisotopic (exact) mass is 279 g/mol. The first kappa shape index (κ1) is 15.8. The number of allylic oxidation sites excluding steroid dienone is 1. The molecule has 1 N–H and O–H groups in total. The number of carbonyl (C=O) groups is 1. The molecule has 6 heteroatoms. The summed E-state index contributed by atoms with van der Waals surface area (Å²) in [5.74, 6) is -1.19. The first-order valence-electron chi connectivity index (χ1n) is 6.28. The molecule has 1 aromatic carbocycles. The minimum atomic E-state index is -0.977. The van der Waals surface area contributed by atoms with Gasteiger partial charge in [-0.2, -0.15) is 5.11 Å². The first-order chi connectivity index (χ1) is 9.43. The number of hydrogen-bond donors (Lipinski definition) is 1. The van der Waals surface area contributed by atoms with Gasteiger partial charge in [0.1, 0.15) is 0 Å². The molecule has 0 saturated carbocycles. The maximum absolute atomic E-state index is 13.0. The van der Waals surface area contributed by atoms with Crippen LogP contribution in [0.15, 0.2) is 46.5 Å². The Kier molecular flexibility index (Phi) is 5.83. The van der Waals surface area contributed by atoms with E-state index in [1.165, 1.54) is 23.2 Å². The Hall–Kier alpha value is -2.24. The average Bonchev–Trinajstić information content (AvgIpc) is 2.44. The van der Waals surface area contributed by atoms with E-state index in [0.717, 1.165) is 0 Å². The van der Waals surface area contributed by atoms with Crippen LogP contribution >= 0.6 is 0 Å². The van der Waals surface area contributed by atoms with Crippen molar-refractivity contribution in [2.45, 2.75) is 26.3 Å². The fourth-order valence-corrected chi connectivity index (χ4v) is 1.44. The van der Waals surface area contributed by atoms with Gasteiger partial charge in [-0.05, 0) is 43.7 Å². The number of carboxylic acid groups (broad SMARTS) is 1. The minimum absolute atomic E-state index is 0.209. The van der Waals surface area contributed by atoms with E-state index in [0.29, 0.717) is 12.1 Å². The van der Waals surface area contributed by atoms with Crippen LogP contribution in [0.25, 0.3) is 0 Å². The van der Waals surface area contributed by atoms with E-state index < -0.39 is 5.97 Å². The van der Waals surface area contributed by atoms with E-state index in [-0.39, 0.29) is 17.4 Å². The number of carboxylic acids is 1. The van der Waals surface area contributed by atoms with Crippen molar-refractivity contribution in [2.24, 2.45) is 10.3 Å². The van der Waals surface area contributed by atoms with Gasteiger partial charge in [0.2, 0.25) is 0 Å². The Labute approximate surface area is 117 Å². The molecule has 0 fully saturated rings. The molecule has 1 atom stereocenters. The summed E-state index contributed by atoms with van der Waals surface area (Å²) < 4.78 is 13.0. The molecule has 0 aliphatic heterocycles. The van der Waals surface area contributed by atoms with Crippen LogP contribution in [0.1, 0.15) is 30.6 Å². The molecule has 1 unspecified atom stereocenters. The van der Waals surface area contributed by atoms with E-state index in [1.807, 2.05) is 0 Å². The highest BCUT2D eigenvalue weighted by molar-refractivity contribution is 5.88. The first-order valence-corrected chi connectivity index (χ1v) is 6.28. The van der Waals surface area contributed by atoms with Gasteiger partial charge in [0.15, 0.2) is 0 Å². The van der Waals surface area contributed by atoms with E-state index >= 15 is 0 Å². The molecule has 5 nitrogen and oxygen atoms in total. The van der Waals surface area contributed by atoms with Crippen molar-refractivity contribution in [2.75, 3.05) is 12.1 Å². The lowest BCUT2D eigenvalue weighted by Gasteiger charge is -2.12. The van der Waals surface area contributed by atoms with Crippen molar-refractivity contribution in [1.82, 2.24) is 0 Å². The van der Waals surface area contributed by atoms with E-state index in [4.69, 9.17) is 5.11 Å². The summed E-state index contributed by atoms with van der Waals surface area (Å²) in [7, 11) is 1.69. The van der Waals surface area contributed by atoms with Crippen molar-refractivity contribution in [3.05, 3.63) is 41.7 Å². The topological polar surface area (TPSA) is 65.3 Å². The van der Waals surface area contributed by atoms with Crippen LogP contribution in [0.2, 0.25) is 0 Å². The Balaban J connectivity index is 2.70. The van der Waals surface area contributed by atoms with E-state index in [9.17, 15) is 9.18 Å². The molecule has 1 aromatic rings. The molecule has 1 rings (SSSR count). The predicted molar refractivity (Wildman–Crippen MR) is 75.6 cm³/mol. The third kappa shape index (κ3) is 4.79. The van der Waals surface area contributed by atoms with Gasteiger partial charge in [-0.15, -0.1) is 0 Å². The fraction of sp³-hybridized carbons (Fsp3) is 0.357. The number of rotatable bonds is 6. The highest BCUT2D eigenvalue weighted by atomic mass is 19.1. The lowest BCUT2D eigenvalue weighted by Crippen LogP contribution is -2.09. The molecule has 0 radical (unpaired) electrons. The molecule has 0 aliphatic rings. The van der Waals surface area contributed by atoms with Crippen LogP contribution < -0.4 is 5.01 Å². The van der Waals surface area contributed by atoms with Gasteiger partial charge in [-0.3, -0.25) is 5.01 Å². The van der Waals surface area contributed by atoms with Gasteiger partial charge in [0, 0.05) is 7.05 Å². The normalized spacial score (nSPS) is 13.5. The quantitative estimate of drug-likeness (QED) is 0.635. The number of nitrogens with zero attached hydrogens (tertiary/aromatic N) is 3. The van der Waals surface area contributed by atoms with Crippen molar-refractivity contribution < 1.29 is 14.3 Å².